The predicted octanol–water partition coefficient (Wildman–Crippen LogP) is 4.57. The van der Waals surface area contributed by atoms with Gasteiger partial charge in [-0.3, -0.25) is 10.1 Å². The third-order valence-electron chi connectivity index (χ3n) is 4.13. The van der Waals surface area contributed by atoms with Crippen molar-refractivity contribution in [3.8, 4) is 0 Å². The third kappa shape index (κ3) is 4.35. The minimum Gasteiger partial charge on any atom is -0.368 e. The molecule has 0 fully saturated rings. The fraction of sp³-hybridized carbons (Fsp3) is 0.158. The van der Waals surface area contributed by atoms with Crippen LogP contribution in [0.25, 0.3) is 0 Å². The Hall–Kier alpha value is -2.71. The van der Waals surface area contributed by atoms with Gasteiger partial charge in [-0.05, 0) is 36.1 Å². The smallest absolute Gasteiger partial charge is 0.293 e. The summed E-state index contributed by atoms with van der Waals surface area (Å²) in [6.45, 7) is 1.99. The Labute approximate surface area is 161 Å². The van der Waals surface area contributed by atoms with E-state index in [0.717, 1.165) is 28.3 Å². The number of nitrogens with one attached hydrogen (secondary N) is 1. The first-order valence-electron chi connectivity index (χ1n) is 8.11. The van der Waals surface area contributed by atoms with Crippen molar-refractivity contribution in [2.45, 2.75) is 17.9 Å². The molecule has 0 aliphatic heterocycles. The molecule has 0 bridgehead atoms. The number of thiophene rings is 1. The molecule has 0 spiro atoms. The van der Waals surface area contributed by atoms with Crippen LogP contribution in [0.2, 0.25) is 0 Å². The van der Waals surface area contributed by atoms with Crippen molar-refractivity contribution in [1.82, 2.24) is 0 Å². The number of rotatable bonds is 6. The maximum absolute atomic E-state index is 11.7. The summed E-state index contributed by atoms with van der Waals surface area (Å²) >= 11 is 1.54. The van der Waals surface area contributed by atoms with Crippen molar-refractivity contribution in [3.63, 3.8) is 0 Å². The Morgan fingerprint density at radius 2 is 1.81 bits per heavy atom. The van der Waals surface area contributed by atoms with E-state index < -0.39 is 14.8 Å². The summed E-state index contributed by atoms with van der Waals surface area (Å²) < 4.78 is 23.5. The predicted molar refractivity (Wildman–Crippen MR) is 107 cm³/mol. The van der Waals surface area contributed by atoms with Crippen LogP contribution in [0.1, 0.15) is 22.0 Å². The molecule has 0 amide bonds. The molecule has 0 aliphatic carbocycles. The fourth-order valence-corrected chi connectivity index (χ4v) is 4.15. The van der Waals surface area contributed by atoms with Gasteiger partial charge in [0, 0.05) is 17.2 Å². The van der Waals surface area contributed by atoms with Crippen molar-refractivity contribution in [3.05, 3.63) is 86.1 Å². The van der Waals surface area contributed by atoms with Crippen molar-refractivity contribution < 1.29 is 13.3 Å². The first-order valence-corrected chi connectivity index (χ1v) is 10.9. The molecule has 8 heteroatoms. The van der Waals surface area contributed by atoms with E-state index in [1.165, 1.54) is 12.1 Å². The monoisotopic (exact) mass is 402 g/mol. The van der Waals surface area contributed by atoms with E-state index in [-0.39, 0.29) is 22.3 Å². The lowest BCUT2D eigenvalue weighted by Crippen LogP contribution is -2.12. The van der Waals surface area contributed by atoms with Crippen LogP contribution in [0.15, 0.2) is 64.9 Å². The van der Waals surface area contributed by atoms with Crippen LogP contribution < -0.4 is 5.32 Å². The summed E-state index contributed by atoms with van der Waals surface area (Å²) in [6.07, 6.45) is 1.03. The highest BCUT2D eigenvalue weighted by atomic mass is 32.2. The zero-order valence-corrected chi connectivity index (χ0v) is 16.4. The molecule has 1 atom stereocenters. The number of aryl methyl sites for hydroxylation is 1. The van der Waals surface area contributed by atoms with Crippen LogP contribution in [-0.4, -0.2) is 19.6 Å². The first-order chi connectivity index (χ1) is 12.8. The van der Waals surface area contributed by atoms with Gasteiger partial charge in [0.05, 0.1) is 15.9 Å². The molecule has 0 unspecified atom stereocenters. The van der Waals surface area contributed by atoms with Crippen LogP contribution in [0.3, 0.4) is 0 Å². The summed E-state index contributed by atoms with van der Waals surface area (Å²) in [4.78, 5) is 11.9. The highest BCUT2D eigenvalue weighted by Crippen LogP contribution is 2.35. The number of anilines is 1. The molecule has 0 aliphatic rings. The van der Waals surface area contributed by atoms with Gasteiger partial charge >= 0.3 is 0 Å². The van der Waals surface area contributed by atoms with Gasteiger partial charge in [0.1, 0.15) is 5.69 Å². The minimum absolute atomic E-state index is 0.0808. The van der Waals surface area contributed by atoms with Crippen LogP contribution in [0, 0.1) is 17.0 Å². The van der Waals surface area contributed by atoms with E-state index in [1.54, 1.807) is 11.3 Å². The van der Waals surface area contributed by atoms with E-state index in [1.807, 2.05) is 48.7 Å². The van der Waals surface area contributed by atoms with Crippen molar-refractivity contribution in [1.29, 1.82) is 0 Å². The number of nitro groups is 1. The van der Waals surface area contributed by atoms with Crippen molar-refractivity contribution >= 4 is 32.5 Å². The van der Waals surface area contributed by atoms with Crippen molar-refractivity contribution in [2.75, 3.05) is 11.6 Å². The highest BCUT2D eigenvalue weighted by Gasteiger charge is 2.23. The number of sulfone groups is 1. The third-order valence-corrected chi connectivity index (χ3v) is 6.18. The topological polar surface area (TPSA) is 89.3 Å². The molecule has 1 aromatic heterocycles. The first kappa shape index (κ1) is 19.1. The Kier molecular flexibility index (Phi) is 5.29. The zero-order chi connectivity index (χ0) is 19.6. The van der Waals surface area contributed by atoms with Gasteiger partial charge in [-0.1, -0.05) is 35.9 Å². The molecule has 2 aromatic carbocycles. The lowest BCUT2D eigenvalue weighted by atomic mass is 10.0. The summed E-state index contributed by atoms with van der Waals surface area (Å²) in [5, 5.41) is 16.7. The molecule has 3 rings (SSSR count). The second-order valence-electron chi connectivity index (χ2n) is 6.21. The van der Waals surface area contributed by atoms with Gasteiger partial charge in [0.15, 0.2) is 9.84 Å². The summed E-state index contributed by atoms with van der Waals surface area (Å²) in [5.41, 5.74) is 2.08. The maximum Gasteiger partial charge on any atom is 0.293 e. The summed E-state index contributed by atoms with van der Waals surface area (Å²) in [5.74, 6) is 0. The molecule has 140 valence electrons. The molecular formula is C19H18N2O4S2. The number of nitrogens with zero attached hydrogens (tertiary/aromatic N) is 1. The average molecular weight is 402 g/mol. The van der Waals surface area contributed by atoms with Crippen LogP contribution >= 0.6 is 11.3 Å². The Morgan fingerprint density at radius 1 is 1.11 bits per heavy atom. The SMILES string of the molecule is Cc1ccc([C@H](Nc2ccc(S(C)(=O)=O)cc2[N+](=O)[O-])c2cccs2)cc1. The lowest BCUT2D eigenvalue weighted by Gasteiger charge is -2.20. The van der Waals surface area contributed by atoms with E-state index in [9.17, 15) is 18.5 Å². The molecule has 6 nitrogen and oxygen atoms in total. The van der Waals surface area contributed by atoms with Crippen LogP contribution in [0.5, 0.6) is 0 Å². The molecule has 1 N–H and O–H groups in total. The lowest BCUT2D eigenvalue weighted by molar-refractivity contribution is -0.384. The standard InChI is InChI=1S/C19H18N2O4S2/c1-13-5-7-14(8-6-13)19(18-4-3-11-26-18)20-16-10-9-15(27(2,24)25)12-17(16)21(22)23/h3-12,19-20H,1-2H3/t19-/m0/s1. The molecule has 0 radical (unpaired) electrons. The van der Waals surface area contributed by atoms with E-state index in [0.29, 0.717) is 0 Å². The van der Waals surface area contributed by atoms with E-state index in [4.69, 9.17) is 0 Å². The Bertz CT molecular complexity index is 1060. The molecular weight excluding hydrogens is 384 g/mol. The second-order valence-corrected chi connectivity index (χ2v) is 9.21. The largest absolute Gasteiger partial charge is 0.368 e. The molecule has 27 heavy (non-hydrogen) atoms. The molecule has 0 saturated heterocycles. The number of nitro benzene ring substituents is 1. The van der Waals surface area contributed by atoms with Crippen LogP contribution in [-0.2, 0) is 9.84 Å². The average Bonchev–Trinajstić information content (AvgIpc) is 3.14. The van der Waals surface area contributed by atoms with Gasteiger partial charge in [0.25, 0.3) is 5.69 Å². The van der Waals surface area contributed by atoms with Gasteiger partial charge in [0.2, 0.25) is 0 Å². The summed E-state index contributed by atoms with van der Waals surface area (Å²) in [6, 6.07) is 15.4. The fourth-order valence-electron chi connectivity index (χ4n) is 2.70. The van der Waals surface area contributed by atoms with Gasteiger partial charge in [-0.25, -0.2) is 8.42 Å². The number of benzene rings is 2. The van der Waals surface area contributed by atoms with E-state index in [2.05, 4.69) is 5.32 Å². The molecule has 0 saturated carbocycles. The zero-order valence-electron chi connectivity index (χ0n) is 14.7. The minimum atomic E-state index is -3.53. The Balaban J connectivity index is 2.06. The van der Waals surface area contributed by atoms with Crippen LogP contribution in [0.4, 0.5) is 11.4 Å². The van der Waals surface area contributed by atoms with Gasteiger partial charge < -0.3 is 5.32 Å². The number of hydrogen-bond donors (Lipinski definition) is 1. The molecule has 1 heterocycles. The van der Waals surface area contributed by atoms with Gasteiger partial charge in [-0.2, -0.15) is 0 Å². The van der Waals surface area contributed by atoms with E-state index >= 15 is 0 Å². The summed E-state index contributed by atoms with van der Waals surface area (Å²) in [7, 11) is -3.53. The number of hydrogen-bond acceptors (Lipinski definition) is 6. The quantitative estimate of drug-likeness (QED) is 0.482. The Morgan fingerprint density at radius 3 is 2.37 bits per heavy atom. The molecule has 3 aromatic rings. The highest BCUT2D eigenvalue weighted by molar-refractivity contribution is 7.90. The van der Waals surface area contributed by atoms with Gasteiger partial charge in [-0.15, -0.1) is 11.3 Å². The second kappa shape index (κ2) is 7.50. The normalized spacial score (nSPS) is 12.5. The van der Waals surface area contributed by atoms with Crippen molar-refractivity contribution in [2.24, 2.45) is 0 Å². The maximum atomic E-state index is 11.7.